The Morgan fingerprint density at radius 3 is 2.54 bits per heavy atom. The SMILES string of the molecule is COc1ccc(OCc2ccccc2)cc1C(C#N)c1ccc(Cl)nn1. The molecule has 0 aliphatic heterocycles. The van der Waals surface area contributed by atoms with E-state index < -0.39 is 5.92 Å². The predicted molar refractivity (Wildman–Crippen MR) is 98.3 cm³/mol. The molecular formula is C20H16ClN3O2. The Morgan fingerprint density at radius 1 is 1.08 bits per heavy atom. The van der Waals surface area contributed by atoms with Crippen LogP contribution in [0.3, 0.4) is 0 Å². The number of nitrogens with zero attached hydrogens (tertiary/aromatic N) is 3. The molecule has 130 valence electrons. The fourth-order valence-electron chi connectivity index (χ4n) is 2.54. The summed E-state index contributed by atoms with van der Waals surface area (Å²) in [5.41, 5.74) is 2.22. The molecule has 0 bridgehead atoms. The van der Waals surface area contributed by atoms with Crippen molar-refractivity contribution in [3.8, 4) is 17.6 Å². The molecule has 2 aromatic carbocycles. The Morgan fingerprint density at radius 2 is 1.88 bits per heavy atom. The molecule has 5 nitrogen and oxygen atoms in total. The lowest BCUT2D eigenvalue weighted by Crippen LogP contribution is -2.05. The molecule has 0 saturated carbocycles. The molecule has 0 radical (unpaired) electrons. The van der Waals surface area contributed by atoms with Crippen molar-refractivity contribution in [1.82, 2.24) is 10.2 Å². The van der Waals surface area contributed by atoms with Crippen molar-refractivity contribution in [2.24, 2.45) is 0 Å². The van der Waals surface area contributed by atoms with E-state index in [1.807, 2.05) is 36.4 Å². The lowest BCUT2D eigenvalue weighted by atomic mass is 9.95. The Labute approximate surface area is 156 Å². The van der Waals surface area contributed by atoms with E-state index in [1.54, 1.807) is 31.4 Å². The summed E-state index contributed by atoms with van der Waals surface area (Å²) in [6.45, 7) is 0.435. The van der Waals surface area contributed by atoms with Crippen molar-refractivity contribution in [2.75, 3.05) is 7.11 Å². The van der Waals surface area contributed by atoms with Crippen LogP contribution >= 0.6 is 11.6 Å². The third-order valence-electron chi connectivity index (χ3n) is 3.84. The van der Waals surface area contributed by atoms with Gasteiger partial charge in [0, 0.05) is 5.56 Å². The van der Waals surface area contributed by atoms with Crippen molar-refractivity contribution in [3.63, 3.8) is 0 Å². The number of benzene rings is 2. The lowest BCUT2D eigenvalue weighted by molar-refractivity contribution is 0.305. The van der Waals surface area contributed by atoms with Crippen LogP contribution in [0.2, 0.25) is 5.15 Å². The predicted octanol–water partition coefficient (Wildman–Crippen LogP) is 4.37. The first kappa shape index (κ1) is 17.7. The van der Waals surface area contributed by atoms with Gasteiger partial charge in [-0.05, 0) is 35.9 Å². The van der Waals surface area contributed by atoms with Crippen molar-refractivity contribution in [3.05, 3.63) is 82.6 Å². The molecule has 0 saturated heterocycles. The highest BCUT2D eigenvalue weighted by Gasteiger charge is 2.21. The quantitative estimate of drug-likeness (QED) is 0.648. The number of halogens is 1. The summed E-state index contributed by atoms with van der Waals surface area (Å²) in [6, 6.07) is 20.8. The summed E-state index contributed by atoms with van der Waals surface area (Å²) in [7, 11) is 1.56. The molecule has 1 aromatic heterocycles. The molecule has 0 fully saturated rings. The molecule has 1 atom stereocenters. The van der Waals surface area contributed by atoms with Gasteiger partial charge in [-0.1, -0.05) is 41.9 Å². The summed E-state index contributed by atoms with van der Waals surface area (Å²) in [4.78, 5) is 0. The topological polar surface area (TPSA) is 68.0 Å². The molecule has 1 unspecified atom stereocenters. The van der Waals surface area contributed by atoms with Crippen LogP contribution in [0.5, 0.6) is 11.5 Å². The molecular weight excluding hydrogens is 350 g/mol. The molecule has 26 heavy (non-hydrogen) atoms. The smallest absolute Gasteiger partial charge is 0.151 e. The minimum atomic E-state index is -0.644. The zero-order chi connectivity index (χ0) is 18.4. The second kappa shape index (κ2) is 8.32. The Hall–Kier alpha value is -3.10. The maximum atomic E-state index is 9.67. The molecule has 0 N–H and O–H groups in total. The average molecular weight is 366 g/mol. The fourth-order valence-corrected chi connectivity index (χ4v) is 2.64. The first-order valence-corrected chi connectivity index (χ1v) is 8.32. The van der Waals surface area contributed by atoms with E-state index in [-0.39, 0.29) is 5.15 Å². The van der Waals surface area contributed by atoms with Crippen LogP contribution in [0.4, 0.5) is 0 Å². The monoisotopic (exact) mass is 365 g/mol. The van der Waals surface area contributed by atoms with Gasteiger partial charge in [0.2, 0.25) is 0 Å². The third-order valence-corrected chi connectivity index (χ3v) is 4.04. The number of hydrogen-bond donors (Lipinski definition) is 0. The highest BCUT2D eigenvalue weighted by Crippen LogP contribution is 2.34. The van der Waals surface area contributed by atoms with Gasteiger partial charge in [-0.2, -0.15) is 10.4 Å². The first-order chi connectivity index (χ1) is 12.7. The largest absolute Gasteiger partial charge is 0.496 e. The Kier molecular flexibility index (Phi) is 5.67. The van der Waals surface area contributed by atoms with Gasteiger partial charge in [-0.3, -0.25) is 0 Å². The molecule has 0 amide bonds. The van der Waals surface area contributed by atoms with Gasteiger partial charge in [-0.15, -0.1) is 5.10 Å². The van der Waals surface area contributed by atoms with Crippen LogP contribution in [0.25, 0.3) is 0 Å². The van der Waals surface area contributed by atoms with E-state index in [1.165, 1.54) is 0 Å². The molecule has 0 aliphatic rings. The van der Waals surface area contributed by atoms with Crippen LogP contribution in [0.1, 0.15) is 22.7 Å². The number of methoxy groups -OCH3 is 1. The van der Waals surface area contributed by atoms with Crippen molar-refractivity contribution in [2.45, 2.75) is 12.5 Å². The van der Waals surface area contributed by atoms with Gasteiger partial charge in [0.1, 0.15) is 24.0 Å². The van der Waals surface area contributed by atoms with E-state index in [9.17, 15) is 5.26 Å². The standard InChI is InChI=1S/C20H16ClN3O2/c1-25-19-9-7-15(26-13-14-5-3-2-4-6-14)11-16(19)17(12-22)18-8-10-20(21)24-23-18/h2-11,17H,13H2,1H3. The number of aromatic nitrogens is 2. The third kappa shape index (κ3) is 4.11. The second-order valence-electron chi connectivity index (χ2n) is 5.52. The summed E-state index contributed by atoms with van der Waals surface area (Å²) in [5.74, 6) is 0.585. The van der Waals surface area contributed by atoms with Crippen molar-refractivity contribution in [1.29, 1.82) is 5.26 Å². The van der Waals surface area contributed by atoms with Crippen LogP contribution in [-0.2, 0) is 6.61 Å². The molecule has 0 spiro atoms. The van der Waals surface area contributed by atoms with Gasteiger partial charge < -0.3 is 9.47 Å². The first-order valence-electron chi connectivity index (χ1n) is 7.94. The summed E-state index contributed by atoms with van der Waals surface area (Å²) in [6.07, 6.45) is 0. The van der Waals surface area contributed by atoms with Gasteiger partial charge in [0.05, 0.1) is 18.9 Å². The minimum absolute atomic E-state index is 0.275. The zero-order valence-electron chi connectivity index (χ0n) is 14.1. The van der Waals surface area contributed by atoms with Crippen LogP contribution < -0.4 is 9.47 Å². The molecule has 1 heterocycles. The van der Waals surface area contributed by atoms with Crippen LogP contribution in [0.15, 0.2) is 60.7 Å². The maximum absolute atomic E-state index is 9.67. The summed E-state index contributed by atoms with van der Waals surface area (Å²) < 4.78 is 11.3. The molecule has 3 aromatic rings. The maximum Gasteiger partial charge on any atom is 0.151 e. The van der Waals surface area contributed by atoms with Crippen LogP contribution in [-0.4, -0.2) is 17.3 Å². The number of hydrogen-bond acceptors (Lipinski definition) is 5. The van der Waals surface area contributed by atoms with Crippen LogP contribution in [0, 0.1) is 11.3 Å². The number of ether oxygens (including phenoxy) is 2. The normalized spacial score (nSPS) is 11.4. The van der Waals surface area contributed by atoms with E-state index in [2.05, 4.69) is 16.3 Å². The van der Waals surface area contributed by atoms with Crippen molar-refractivity contribution >= 4 is 11.6 Å². The molecule has 6 heteroatoms. The van der Waals surface area contributed by atoms with Gasteiger partial charge in [-0.25, -0.2) is 0 Å². The van der Waals surface area contributed by atoms with E-state index in [0.29, 0.717) is 29.4 Å². The zero-order valence-corrected chi connectivity index (χ0v) is 14.8. The minimum Gasteiger partial charge on any atom is -0.496 e. The molecule has 0 aliphatic carbocycles. The van der Waals surface area contributed by atoms with Gasteiger partial charge in [0.25, 0.3) is 0 Å². The summed E-state index contributed by atoms with van der Waals surface area (Å²) in [5, 5.41) is 17.8. The van der Waals surface area contributed by atoms with Gasteiger partial charge in [0.15, 0.2) is 5.15 Å². The highest BCUT2D eigenvalue weighted by atomic mass is 35.5. The average Bonchev–Trinajstić information content (AvgIpc) is 2.69. The van der Waals surface area contributed by atoms with E-state index >= 15 is 0 Å². The van der Waals surface area contributed by atoms with E-state index in [0.717, 1.165) is 5.56 Å². The van der Waals surface area contributed by atoms with Gasteiger partial charge >= 0.3 is 0 Å². The number of rotatable bonds is 6. The Balaban J connectivity index is 1.89. The molecule has 3 rings (SSSR count). The highest BCUT2D eigenvalue weighted by molar-refractivity contribution is 6.29. The second-order valence-corrected chi connectivity index (χ2v) is 5.91. The Bertz CT molecular complexity index is 909. The fraction of sp³-hybridized carbons (Fsp3) is 0.150. The summed E-state index contributed by atoms with van der Waals surface area (Å²) >= 11 is 5.79. The number of nitriles is 1. The van der Waals surface area contributed by atoms with Crippen molar-refractivity contribution < 1.29 is 9.47 Å². The lowest BCUT2D eigenvalue weighted by Gasteiger charge is -2.15. The van der Waals surface area contributed by atoms with E-state index in [4.69, 9.17) is 21.1 Å².